The number of anilines is 1. The molecule has 3 rings (SSSR count). The van der Waals surface area contributed by atoms with Crippen LogP contribution in [0, 0.1) is 6.92 Å². The molecular weight excluding hydrogens is 458 g/mol. The van der Waals surface area contributed by atoms with Gasteiger partial charge >= 0.3 is 0 Å². The van der Waals surface area contributed by atoms with Crippen molar-refractivity contribution in [1.82, 2.24) is 10.9 Å². The summed E-state index contributed by atoms with van der Waals surface area (Å²) in [6, 6.07) is 19.1. The Labute approximate surface area is 198 Å². The third kappa shape index (κ3) is 6.97. The van der Waals surface area contributed by atoms with Gasteiger partial charge in [0.2, 0.25) is 0 Å². The molecule has 178 valence electrons. The molecule has 0 aromatic heterocycles. The topological polar surface area (TPSA) is 123 Å². The van der Waals surface area contributed by atoms with E-state index in [-0.39, 0.29) is 17.1 Å². The van der Waals surface area contributed by atoms with Crippen LogP contribution in [-0.4, -0.2) is 33.4 Å². The second kappa shape index (κ2) is 11.2. The van der Waals surface area contributed by atoms with Crippen LogP contribution < -0.4 is 25.0 Å². The average Bonchev–Trinajstić information content (AvgIpc) is 2.82. The van der Waals surface area contributed by atoms with E-state index < -0.39 is 21.8 Å². The van der Waals surface area contributed by atoms with Gasteiger partial charge in [-0.1, -0.05) is 18.2 Å². The first kappa shape index (κ1) is 24.6. The van der Waals surface area contributed by atoms with Gasteiger partial charge in [0.15, 0.2) is 6.61 Å². The molecule has 9 nitrogen and oxygen atoms in total. The van der Waals surface area contributed by atoms with E-state index in [4.69, 9.17) is 9.47 Å². The predicted molar refractivity (Wildman–Crippen MR) is 127 cm³/mol. The molecular formula is C24H25N3O6S. The first-order valence-corrected chi connectivity index (χ1v) is 11.9. The molecule has 0 spiro atoms. The average molecular weight is 484 g/mol. The number of carbonyl (C=O) groups excluding carboxylic acids is 2. The highest BCUT2D eigenvalue weighted by Gasteiger charge is 2.17. The summed E-state index contributed by atoms with van der Waals surface area (Å²) in [5.74, 6) is -0.104. The van der Waals surface area contributed by atoms with Gasteiger partial charge in [0.25, 0.3) is 21.8 Å². The number of aryl methyl sites for hydroxylation is 1. The first-order valence-electron chi connectivity index (χ1n) is 10.4. The number of benzene rings is 3. The van der Waals surface area contributed by atoms with E-state index in [9.17, 15) is 18.0 Å². The molecule has 3 aromatic rings. The van der Waals surface area contributed by atoms with Gasteiger partial charge in [0.1, 0.15) is 11.5 Å². The zero-order chi connectivity index (χ0) is 24.6. The maximum atomic E-state index is 12.7. The van der Waals surface area contributed by atoms with Crippen molar-refractivity contribution in [3.63, 3.8) is 0 Å². The van der Waals surface area contributed by atoms with E-state index in [2.05, 4.69) is 15.6 Å². The van der Waals surface area contributed by atoms with Gasteiger partial charge in [-0.25, -0.2) is 8.42 Å². The van der Waals surface area contributed by atoms with Crippen LogP contribution in [0.25, 0.3) is 0 Å². The van der Waals surface area contributed by atoms with Gasteiger partial charge in [-0.2, -0.15) is 0 Å². The summed E-state index contributed by atoms with van der Waals surface area (Å²) >= 11 is 0. The maximum absolute atomic E-state index is 12.7. The lowest BCUT2D eigenvalue weighted by Crippen LogP contribution is -2.43. The Morgan fingerprint density at radius 1 is 0.853 bits per heavy atom. The summed E-state index contributed by atoms with van der Waals surface area (Å²) in [5, 5.41) is 0. The number of hydrogen-bond acceptors (Lipinski definition) is 6. The van der Waals surface area contributed by atoms with Crippen molar-refractivity contribution in [1.29, 1.82) is 0 Å². The highest BCUT2D eigenvalue weighted by Crippen LogP contribution is 2.20. The highest BCUT2D eigenvalue weighted by atomic mass is 32.2. The second-order valence-corrected chi connectivity index (χ2v) is 8.88. The molecule has 0 heterocycles. The Morgan fingerprint density at radius 2 is 1.59 bits per heavy atom. The van der Waals surface area contributed by atoms with Crippen LogP contribution in [0.15, 0.2) is 77.7 Å². The lowest BCUT2D eigenvalue weighted by Gasteiger charge is -2.11. The van der Waals surface area contributed by atoms with Crippen LogP contribution in [0.4, 0.5) is 5.69 Å². The van der Waals surface area contributed by atoms with E-state index >= 15 is 0 Å². The standard InChI is InChI=1S/C24H25N3O6S/c1-3-32-20-12-10-19(11-13-20)27-34(30,31)22-9-5-7-18(15-22)24(29)26-25-23(28)16-33-21-8-4-6-17(2)14-21/h4-15,27H,3,16H2,1-2H3,(H,25,28)(H,26,29). The molecule has 34 heavy (non-hydrogen) atoms. The first-order chi connectivity index (χ1) is 16.3. The monoisotopic (exact) mass is 483 g/mol. The molecule has 0 aliphatic carbocycles. The van der Waals surface area contributed by atoms with E-state index in [0.29, 0.717) is 23.8 Å². The van der Waals surface area contributed by atoms with Gasteiger partial charge in [0.05, 0.1) is 11.5 Å². The van der Waals surface area contributed by atoms with Crippen LogP contribution in [0.3, 0.4) is 0 Å². The number of amides is 2. The number of hydrogen-bond donors (Lipinski definition) is 3. The largest absolute Gasteiger partial charge is 0.494 e. The third-order valence-electron chi connectivity index (χ3n) is 4.50. The molecule has 0 atom stereocenters. The number of ether oxygens (including phenoxy) is 2. The van der Waals surface area contributed by atoms with E-state index in [1.165, 1.54) is 24.3 Å². The minimum Gasteiger partial charge on any atom is -0.494 e. The lowest BCUT2D eigenvalue weighted by molar-refractivity contribution is -0.123. The summed E-state index contributed by atoms with van der Waals surface area (Å²) in [6.07, 6.45) is 0. The normalized spacial score (nSPS) is 10.8. The van der Waals surface area contributed by atoms with Gasteiger partial charge < -0.3 is 9.47 Å². The molecule has 0 unspecified atom stereocenters. The number of rotatable bonds is 9. The number of hydrazine groups is 1. The van der Waals surface area contributed by atoms with Crippen LogP contribution >= 0.6 is 0 Å². The highest BCUT2D eigenvalue weighted by molar-refractivity contribution is 7.92. The van der Waals surface area contributed by atoms with Crippen molar-refractivity contribution >= 4 is 27.5 Å². The Morgan fingerprint density at radius 3 is 2.29 bits per heavy atom. The van der Waals surface area contributed by atoms with Crippen molar-refractivity contribution in [2.24, 2.45) is 0 Å². The zero-order valence-electron chi connectivity index (χ0n) is 18.7. The lowest BCUT2D eigenvalue weighted by atomic mass is 10.2. The van der Waals surface area contributed by atoms with Gasteiger partial charge in [-0.3, -0.25) is 25.2 Å². The molecule has 0 bridgehead atoms. The van der Waals surface area contributed by atoms with Crippen molar-refractivity contribution in [2.75, 3.05) is 17.9 Å². The SMILES string of the molecule is CCOc1ccc(NS(=O)(=O)c2cccc(C(=O)NNC(=O)COc3cccc(C)c3)c2)cc1. The van der Waals surface area contributed by atoms with Gasteiger partial charge in [-0.15, -0.1) is 0 Å². The van der Waals surface area contributed by atoms with Crippen LogP contribution in [0.1, 0.15) is 22.8 Å². The molecule has 0 aliphatic rings. The van der Waals surface area contributed by atoms with Crippen LogP contribution in [0.2, 0.25) is 0 Å². The Kier molecular flexibility index (Phi) is 8.10. The predicted octanol–water partition coefficient (Wildman–Crippen LogP) is 3.03. The number of nitrogens with one attached hydrogen (secondary N) is 3. The van der Waals surface area contributed by atoms with Crippen molar-refractivity contribution < 1.29 is 27.5 Å². The van der Waals surface area contributed by atoms with Gasteiger partial charge in [0, 0.05) is 11.3 Å². The van der Waals surface area contributed by atoms with Gasteiger partial charge in [-0.05, 0) is 74.0 Å². The van der Waals surface area contributed by atoms with Crippen molar-refractivity contribution in [3.8, 4) is 11.5 Å². The Bertz CT molecular complexity index is 1260. The maximum Gasteiger partial charge on any atom is 0.276 e. The van der Waals surface area contributed by atoms with E-state index in [1.54, 1.807) is 42.5 Å². The third-order valence-corrected chi connectivity index (χ3v) is 5.88. The minimum atomic E-state index is -3.95. The Balaban J connectivity index is 1.57. The minimum absolute atomic E-state index is 0.0504. The summed E-state index contributed by atoms with van der Waals surface area (Å²) < 4.78 is 38.6. The zero-order valence-corrected chi connectivity index (χ0v) is 19.5. The fourth-order valence-electron chi connectivity index (χ4n) is 2.89. The summed E-state index contributed by atoms with van der Waals surface area (Å²) in [4.78, 5) is 24.3. The van der Waals surface area contributed by atoms with E-state index in [0.717, 1.165) is 5.56 Å². The fraction of sp³-hybridized carbons (Fsp3) is 0.167. The van der Waals surface area contributed by atoms with Crippen LogP contribution in [0.5, 0.6) is 11.5 Å². The second-order valence-electron chi connectivity index (χ2n) is 7.20. The molecule has 0 saturated heterocycles. The fourth-order valence-corrected chi connectivity index (χ4v) is 4.00. The molecule has 10 heteroatoms. The summed E-state index contributed by atoms with van der Waals surface area (Å²) in [6.45, 7) is 3.95. The smallest absolute Gasteiger partial charge is 0.276 e. The summed E-state index contributed by atoms with van der Waals surface area (Å²) in [7, 11) is -3.95. The molecule has 0 aliphatic heterocycles. The molecule has 2 amide bonds. The molecule has 3 aromatic carbocycles. The number of sulfonamides is 1. The molecule has 0 radical (unpaired) electrons. The van der Waals surface area contributed by atoms with Crippen LogP contribution in [-0.2, 0) is 14.8 Å². The van der Waals surface area contributed by atoms with E-state index in [1.807, 2.05) is 19.9 Å². The van der Waals surface area contributed by atoms with Crippen molar-refractivity contribution in [2.45, 2.75) is 18.7 Å². The van der Waals surface area contributed by atoms with Crippen molar-refractivity contribution in [3.05, 3.63) is 83.9 Å². The quantitative estimate of drug-likeness (QED) is 0.402. The number of carbonyl (C=O) groups is 2. The molecule has 0 fully saturated rings. The summed E-state index contributed by atoms with van der Waals surface area (Å²) in [5.41, 5.74) is 5.87. The Hall–Kier alpha value is -4.05. The molecule has 3 N–H and O–H groups in total. The molecule has 0 saturated carbocycles.